The minimum absolute atomic E-state index is 0.317. The molecule has 1 aromatic carbocycles. The van der Waals surface area contributed by atoms with Gasteiger partial charge in [-0.15, -0.1) is 0 Å². The summed E-state index contributed by atoms with van der Waals surface area (Å²) in [5.41, 5.74) is 8.78. The molecule has 1 saturated heterocycles. The van der Waals surface area contributed by atoms with Crippen molar-refractivity contribution in [2.75, 3.05) is 32.4 Å². The lowest BCUT2D eigenvalue weighted by molar-refractivity contribution is -0.582. The first-order valence-electron chi connectivity index (χ1n) is 11.4. The van der Waals surface area contributed by atoms with Gasteiger partial charge in [0, 0.05) is 22.9 Å². The number of piperidine rings is 1. The number of likely N-dealkylation sites (tertiary alicyclic amines) is 1. The van der Waals surface area contributed by atoms with Crippen LogP contribution >= 0.6 is 0 Å². The van der Waals surface area contributed by atoms with Crippen molar-refractivity contribution in [1.29, 1.82) is 5.41 Å². The molecule has 2 fully saturated rings. The molecule has 5 rings (SSSR count). The van der Waals surface area contributed by atoms with Crippen LogP contribution in [-0.2, 0) is 0 Å². The van der Waals surface area contributed by atoms with Crippen molar-refractivity contribution in [3.8, 4) is 5.88 Å². The fourth-order valence-corrected chi connectivity index (χ4v) is 4.23. The molecule has 1 aliphatic heterocycles. The van der Waals surface area contributed by atoms with Crippen molar-refractivity contribution in [2.24, 2.45) is 5.92 Å². The zero-order valence-electron chi connectivity index (χ0n) is 18.4. The summed E-state index contributed by atoms with van der Waals surface area (Å²) in [4.78, 5) is 15.6. The SMILES string of the molecule is CN1CCC(C[NH2+]c2ncnc(N)c2C(=N)c2ccc3nc(OC4CC4)ccc3c2)CC1. The molecule has 8 heteroatoms. The van der Waals surface area contributed by atoms with Crippen molar-refractivity contribution in [3.05, 3.63) is 47.8 Å². The largest absolute Gasteiger partial charge is 0.474 e. The average molecular weight is 433 g/mol. The summed E-state index contributed by atoms with van der Waals surface area (Å²) >= 11 is 0. The number of nitrogens with zero attached hydrogens (tertiary/aromatic N) is 4. The van der Waals surface area contributed by atoms with Gasteiger partial charge >= 0.3 is 0 Å². The van der Waals surface area contributed by atoms with Crippen LogP contribution in [0.5, 0.6) is 5.88 Å². The zero-order chi connectivity index (χ0) is 22.1. The lowest BCUT2D eigenvalue weighted by Gasteiger charge is -2.27. The molecule has 2 aromatic heterocycles. The molecule has 3 aromatic rings. The highest BCUT2D eigenvalue weighted by Crippen LogP contribution is 2.28. The van der Waals surface area contributed by atoms with E-state index in [9.17, 15) is 0 Å². The van der Waals surface area contributed by atoms with Crippen molar-refractivity contribution in [3.63, 3.8) is 0 Å². The summed E-state index contributed by atoms with van der Waals surface area (Å²) in [7, 11) is 2.17. The number of nitrogen functional groups attached to an aromatic ring is 1. The quantitative estimate of drug-likeness (QED) is 0.492. The third-order valence-electron chi connectivity index (χ3n) is 6.40. The molecular weight excluding hydrogens is 402 g/mol. The molecule has 3 heterocycles. The number of rotatable bonds is 7. The Labute approximate surface area is 187 Å². The van der Waals surface area contributed by atoms with E-state index in [-0.39, 0.29) is 0 Å². The lowest BCUT2D eigenvalue weighted by atomic mass is 9.97. The fourth-order valence-electron chi connectivity index (χ4n) is 4.23. The summed E-state index contributed by atoms with van der Waals surface area (Å²) in [6, 6.07) is 9.70. The monoisotopic (exact) mass is 432 g/mol. The molecular formula is C24H30N7O+. The van der Waals surface area contributed by atoms with Gasteiger partial charge < -0.3 is 15.4 Å². The number of ether oxygens (including phenoxy) is 1. The molecule has 2 aliphatic rings. The number of hydrogen-bond acceptors (Lipinski definition) is 7. The van der Waals surface area contributed by atoms with E-state index in [0.717, 1.165) is 54.8 Å². The number of nitrogens with two attached hydrogens (primary N) is 2. The molecule has 32 heavy (non-hydrogen) atoms. The third-order valence-corrected chi connectivity index (χ3v) is 6.40. The van der Waals surface area contributed by atoms with Gasteiger partial charge in [0.1, 0.15) is 23.8 Å². The highest BCUT2D eigenvalue weighted by Gasteiger charge is 2.25. The molecule has 1 saturated carbocycles. The van der Waals surface area contributed by atoms with Crippen LogP contribution in [0, 0.1) is 11.3 Å². The van der Waals surface area contributed by atoms with Crippen LogP contribution in [0.3, 0.4) is 0 Å². The number of nitrogens with one attached hydrogen (secondary N) is 1. The van der Waals surface area contributed by atoms with Crippen molar-refractivity contribution in [2.45, 2.75) is 31.8 Å². The Morgan fingerprint density at radius 3 is 2.75 bits per heavy atom. The number of aromatic nitrogens is 3. The number of quaternary nitrogens is 1. The summed E-state index contributed by atoms with van der Waals surface area (Å²) < 4.78 is 5.80. The van der Waals surface area contributed by atoms with Gasteiger partial charge in [-0.2, -0.15) is 4.98 Å². The van der Waals surface area contributed by atoms with E-state index in [1.54, 1.807) is 0 Å². The van der Waals surface area contributed by atoms with Crippen LogP contribution < -0.4 is 15.8 Å². The Kier molecular flexibility index (Phi) is 5.71. The van der Waals surface area contributed by atoms with Crippen molar-refractivity contribution in [1.82, 2.24) is 19.9 Å². The maximum atomic E-state index is 8.89. The third kappa shape index (κ3) is 4.56. The minimum atomic E-state index is 0.317. The Bertz CT molecular complexity index is 1140. The van der Waals surface area contributed by atoms with Crippen molar-refractivity contribution < 1.29 is 10.1 Å². The fraction of sp³-hybridized carbons (Fsp3) is 0.417. The molecule has 0 bridgehead atoms. The van der Waals surface area contributed by atoms with Gasteiger partial charge in [0.2, 0.25) is 11.7 Å². The minimum Gasteiger partial charge on any atom is -0.474 e. The molecule has 0 radical (unpaired) electrons. The maximum absolute atomic E-state index is 8.89. The Balaban J connectivity index is 1.36. The summed E-state index contributed by atoms with van der Waals surface area (Å²) in [6.45, 7) is 3.20. The topological polar surface area (TPSA) is 118 Å². The molecule has 8 nitrogen and oxygen atoms in total. The lowest BCUT2D eigenvalue weighted by Crippen LogP contribution is -2.80. The summed E-state index contributed by atoms with van der Waals surface area (Å²) in [5.74, 6) is 2.39. The number of hydrogen-bond donors (Lipinski definition) is 3. The predicted octanol–water partition coefficient (Wildman–Crippen LogP) is 2.10. The van der Waals surface area contributed by atoms with Crippen molar-refractivity contribution >= 4 is 28.3 Å². The smallest absolute Gasteiger partial charge is 0.239 e. The second-order valence-electron chi connectivity index (χ2n) is 8.95. The Morgan fingerprint density at radius 2 is 1.97 bits per heavy atom. The van der Waals surface area contributed by atoms with Gasteiger partial charge in [-0.1, -0.05) is 6.07 Å². The second-order valence-corrected chi connectivity index (χ2v) is 8.95. The van der Waals surface area contributed by atoms with E-state index in [1.807, 2.05) is 30.3 Å². The molecule has 0 spiro atoms. The van der Waals surface area contributed by atoms with Crippen LogP contribution in [0.4, 0.5) is 11.6 Å². The van der Waals surface area contributed by atoms with E-state index in [0.29, 0.717) is 35.0 Å². The van der Waals surface area contributed by atoms with E-state index >= 15 is 0 Å². The average Bonchev–Trinajstić information content (AvgIpc) is 3.62. The van der Waals surface area contributed by atoms with Gasteiger partial charge in [0.15, 0.2) is 0 Å². The van der Waals surface area contributed by atoms with E-state index in [4.69, 9.17) is 15.9 Å². The second kappa shape index (κ2) is 8.80. The molecule has 0 amide bonds. The van der Waals surface area contributed by atoms with Crippen LogP contribution in [-0.4, -0.2) is 58.3 Å². The number of pyridine rings is 1. The van der Waals surface area contributed by atoms with Crippen LogP contribution in [0.25, 0.3) is 10.9 Å². The highest BCUT2D eigenvalue weighted by atomic mass is 16.5. The molecule has 5 N–H and O–H groups in total. The van der Waals surface area contributed by atoms with Gasteiger partial charge in [-0.05, 0) is 64.0 Å². The van der Waals surface area contributed by atoms with E-state index < -0.39 is 0 Å². The van der Waals surface area contributed by atoms with Gasteiger partial charge in [0.05, 0.1) is 17.8 Å². The van der Waals surface area contributed by atoms with Gasteiger partial charge in [-0.25, -0.2) is 9.97 Å². The molecule has 166 valence electrons. The van der Waals surface area contributed by atoms with E-state index in [1.165, 1.54) is 19.2 Å². The van der Waals surface area contributed by atoms with E-state index in [2.05, 4.69) is 32.2 Å². The number of fused-ring (bicyclic) bond motifs is 1. The van der Waals surface area contributed by atoms with Crippen LogP contribution in [0.15, 0.2) is 36.7 Å². The van der Waals surface area contributed by atoms with Gasteiger partial charge in [0.25, 0.3) is 0 Å². The van der Waals surface area contributed by atoms with Crippen LogP contribution in [0.2, 0.25) is 0 Å². The Morgan fingerprint density at radius 1 is 1.16 bits per heavy atom. The number of benzene rings is 1. The molecule has 0 atom stereocenters. The summed E-state index contributed by atoms with van der Waals surface area (Å²) in [5, 5.41) is 12.0. The normalized spacial score (nSPS) is 17.5. The first-order chi connectivity index (χ1) is 15.6. The number of anilines is 1. The Hall–Kier alpha value is -3.10. The maximum Gasteiger partial charge on any atom is 0.239 e. The highest BCUT2D eigenvalue weighted by molar-refractivity contribution is 6.16. The first-order valence-corrected chi connectivity index (χ1v) is 11.4. The zero-order valence-corrected chi connectivity index (χ0v) is 18.4. The van der Waals surface area contributed by atoms with Crippen LogP contribution in [0.1, 0.15) is 36.8 Å². The molecule has 1 aliphatic carbocycles. The standard InChI is InChI=1S/C24H29N7O/c1-31-10-8-15(9-11-31)13-27-24-21(23(26)28-14-29-24)22(25)17-2-6-19-16(12-17)3-7-20(30-19)32-18-4-5-18/h2-3,6-7,12,14-15,18,25H,4-5,8-11,13H2,1H3,(H3,26,27,28,29)/p+1. The molecule has 0 unspecified atom stereocenters. The van der Waals surface area contributed by atoms with Gasteiger partial charge in [-0.3, -0.25) is 10.7 Å². The summed E-state index contributed by atoms with van der Waals surface area (Å²) in [6.07, 6.45) is 6.38. The predicted molar refractivity (Wildman–Crippen MR) is 124 cm³/mol. The first kappa shape index (κ1) is 20.8.